The molecule has 0 aliphatic rings. The van der Waals surface area contributed by atoms with E-state index in [4.69, 9.17) is 17.3 Å². The zero-order valence-corrected chi connectivity index (χ0v) is 8.64. The molecule has 0 unspecified atom stereocenters. The zero-order valence-electron chi connectivity index (χ0n) is 6.99. The lowest BCUT2D eigenvalue weighted by molar-refractivity contribution is 0.257. The monoisotopic (exact) mass is 216 g/mol. The van der Waals surface area contributed by atoms with Crippen molar-refractivity contribution in [2.45, 2.75) is 6.92 Å². The third-order valence-electron chi connectivity index (χ3n) is 1.61. The Labute approximate surface area is 87.0 Å². The van der Waals surface area contributed by atoms with Crippen LogP contribution in [0.5, 0.6) is 0 Å². The van der Waals surface area contributed by atoms with Crippen molar-refractivity contribution in [3.05, 3.63) is 28.8 Å². The van der Waals surface area contributed by atoms with Gasteiger partial charge in [-0.2, -0.15) is 0 Å². The Kier molecular flexibility index (Phi) is 3.06. The van der Waals surface area contributed by atoms with E-state index in [0.29, 0.717) is 10.7 Å². The molecule has 1 aromatic carbocycles. The summed E-state index contributed by atoms with van der Waals surface area (Å²) in [5, 5.41) is 0.543. The molecular formula is C8H9ClN2OS. The summed E-state index contributed by atoms with van der Waals surface area (Å²) in [6.45, 7) is 1.85. The molecule has 0 atom stereocenters. The average Bonchev–Trinajstić information content (AvgIpc) is 2.08. The molecule has 0 aromatic heterocycles. The lowest BCUT2D eigenvalue weighted by Crippen LogP contribution is -2.27. The van der Waals surface area contributed by atoms with Crippen LogP contribution in [-0.2, 0) is 0 Å². The number of rotatable bonds is 1. The second kappa shape index (κ2) is 3.89. The minimum atomic E-state index is -0.631. The molecule has 1 aromatic rings. The van der Waals surface area contributed by atoms with Crippen molar-refractivity contribution >= 4 is 36.1 Å². The van der Waals surface area contributed by atoms with E-state index in [1.807, 2.05) is 6.92 Å². The second-order valence-electron chi connectivity index (χ2n) is 2.58. The van der Waals surface area contributed by atoms with E-state index in [1.54, 1.807) is 18.2 Å². The standard InChI is InChI=1S/C8H9ClN2OS/c1-5-2-3-6(9)4-7(5)11(13)8(10)12/h2-4,13H,1H3,(H2,10,12). The lowest BCUT2D eigenvalue weighted by atomic mass is 10.2. The fourth-order valence-corrected chi connectivity index (χ4v) is 1.31. The summed E-state index contributed by atoms with van der Waals surface area (Å²) in [6, 6.07) is 4.54. The van der Waals surface area contributed by atoms with Crippen molar-refractivity contribution in [3.63, 3.8) is 0 Å². The molecule has 2 amide bonds. The van der Waals surface area contributed by atoms with Crippen LogP contribution < -0.4 is 10.0 Å². The molecule has 3 nitrogen and oxygen atoms in total. The molecular weight excluding hydrogens is 208 g/mol. The Bertz CT molecular complexity index is 343. The number of nitrogens with two attached hydrogens (primary N) is 1. The quantitative estimate of drug-likeness (QED) is 0.696. The number of hydrogen-bond donors (Lipinski definition) is 2. The summed E-state index contributed by atoms with van der Waals surface area (Å²) >= 11 is 9.68. The topological polar surface area (TPSA) is 46.3 Å². The minimum Gasteiger partial charge on any atom is -0.350 e. The summed E-state index contributed by atoms with van der Waals surface area (Å²) in [7, 11) is 0. The molecule has 0 saturated heterocycles. The Morgan fingerprint density at radius 2 is 2.23 bits per heavy atom. The number of nitrogens with zero attached hydrogens (tertiary/aromatic N) is 1. The predicted octanol–water partition coefficient (Wildman–Crippen LogP) is 2.38. The Morgan fingerprint density at radius 3 is 2.77 bits per heavy atom. The van der Waals surface area contributed by atoms with Crippen molar-refractivity contribution in [2.24, 2.45) is 5.73 Å². The van der Waals surface area contributed by atoms with Gasteiger partial charge < -0.3 is 5.73 Å². The fraction of sp³-hybridized carbons (Fsp3) is 0.125. The highest BCUT2D eigenvalue weighted by Gasteiger charge is 2.10. The Morgan fingerprint density at radius 1 is 1.62 bits per heavy atom. The minimum absolute atomic E-state index is 0.543. The first-order valence-corrected chi connectivity index (χ1v) is 4.34. The second-order valence-corrected chi connectivity index (χ2v) is 3.42. The number of thiol groups is 1. The van der Waals surface area contributed by atoms with E-state index >= 15 is 0 Å². The predicted molar refractivity (Wildman–Crippen MR) is 57.2 cm³/mol. The van der Waals surface area contributed by atoms with Crippen molar-refractivity contribution < 1.29 is 4.79 Å². The first kappa shape index (κ1) is 10.2. The van der Waals surface area contributed by atoms with Crippen molar-refractivity contribution in [3.8, 4) is 0 Å². The van der Waals surface area contributed by atoms with Gasteiger partial charge in [-0.3, -0.25) is 0 Å². The molecule has 0 saturated carbocycles. The van der Waals surface area contributed by atoms with E-state index in [-0.39, 0.29) is 0 Å². The molecule has 0 fully saturated rings. The number of anilines is 1. The van der Waals surface area contributed by atoms with Crippen LogP contribution in [0.15, 0.2) is 18.2 Å². The number of urea groups is 1. The van der Waals surface area contributed by atoms with Gasteiger partial charge in [0.2, 0.25) is 0 Å². The molecule has 0 spiro atoms. The highest BCUT2D eigenvalue weighted by Crippen LogP contribution is 2.25. The molecule has 2 N–H and O–H groups in total. The number of hydrogen-bond acceptors (Lipinski definition) is 2. The number of halogens is 1. The van der Waals surface area contributed by atoms with Gasteiger partial charge in [0, 0.05) is 5.02 Å². The van der Waals surface area contributed by atoms with Crippen molar-refractivity contribution in [2.75, 3.05) is 4.31 Å². The normalized spacial score (nSPS) is 9.77. The third kappa shape index (κ3) is 2.29. The van der Waals surface area contributed by atoms with E-state index in [0.717, 1.165) is 9.87 Å². The number of primary amides is 1. The van der Waals surface area contributed by atoms with E-state index in [9.17, 15) is 4.79 Å². The summed E-state index contributed by atoms with van der Waals surface area (Å²) in [6.07, 6.45) is 0. The molecule has 1 rings (SSSR count). The van der Waals surface area contributed by atoms with Crippen LogP contribution in [0.4, 0.5) is 10.5 Å². The van der Waals surface area contributed by atoms with Crippen LogP contribution in [0.1, 0.15) is 5.56 Å². The number of carbonyl (C=O) groups is 1. The maximum atomic E-state index is 10.8. The highest BCUT2D eigenvalue weighted by atomic mass is 35.5. The van der Waals surface area contributed by atoms with Gasteiger partial charge in [-0.15, -0.1) is 0 Å². The summed E-state index contributed by atoms with van der Waals surface area (Å²) in [4.78, 5) is 10.8. The van der Waals surface area contributed by atoms with Gasteiger partial charge in [0.05, 0.1) is 5.69 Å². The van der Waals surface area contributed by atoms with E-state index < -0.39 is 6.03 Å². The van der Waals surface area contributed by atoms with Crippen LogP contribution in [0, 0.1) is 6.92 Å². The number of carbonyl (C=O) groups excluding carboxylic acids is 1. The van der Waals surface area contributed by atoms with Crippen molar-refractivity contribution in [1.29, 1.82) is 0 Å². The van der Waals surface area contributed by atoms with Gasteiger partial charge in [-0.05, 0) is 24.6 Å². The molecule has 0 aliphatic heterocycles. The first-order valence-electron chi connectivity index (χ1n) is 3.57. The molecule has 0 aliphatic carbocycles. The van der Waals surface area contributed by atoms with E-state index in [2.05, 4.69) is 12.8 Å². The van der Waals surface area contributed by atoms with Gasteiger partial charge in [0.15, 0.2) is 0 Å². The SMILES string of the molecule is Cc1ccc(Cl)cc1N(S)C(N)=O. The largest absolute Gasteiger partial charge is 0.350 e. The van der Waals surface area contributed by atoms with Crippen LogP contribution in [-0.4, -0.2) is 6.03 Å². The summed E-state index contributed by atoms with van der Waals surface area (Å²) < 4.78 is 1.06. The zero-order chi connectivity index (χ0) is 10.0. The van der Waals surface area contributed by atoms with Gasteiger partial charge in [0.25, 0.3) is 0 Å². The van der Waals surface area contributed by atoms with Gasteiger partial charge in [-0.1, -0.05) is 30.5 Å². The maximum absolute atomic E-state index is 10.8. The van der Waals surface area contributed by atoms with Crippen LogP contribution in [0.3, 0.4) is 0 Å². The Balaban J connectivity index is 3.12. The fourth-order valence-electron chi connectivity index (χ4n) is 0.929. The maximum Gasteiger partial charge on any atom is 0.329 e. The van der Waals surface area contributed by atoms with Crippen LogP contribution >= 0.6 is 24.4 Å². The smallest absolute Gasteiger partial charge is 0.329 e. The number of aryl methyl sites for hydroxylation is 1. The average molecular weight is 217 g/mol. The van der Waals surface area contributed by atoms with Crippen LogP contribution in [0.25, 0.3) is 0 Å². The van der Waals surface area contributed by atoms with Gasteiger partial charge in [-0.25, -0.2) is 9.10 Å². The molecule has 5 heteroatoms. The molecule has 0 radical (unpaired) electrons. The third-order valence-corrected chi connectivity index (χ3v) is 2.26. The van der Waals surface area contributed by atoms with Gasteiger partial charge in [0.1, 0.15) is 0 Å². The summed E-state index contributed by atoms with van der Waals surface area (Å²) in [5.74, 6) is 0. The number of amides is 2. The molecule has 0 heterocycles. The lowest BCUT2D eigenvalue weighted by Gasteiger charge is -2.15. The van der Waals surface area contributed by atoms with Crippen LogP contribution in [0.2, 0.25) is 5.02 Å². The molecule has 70 valence electrons. The first-order chi connectivity index (χ1) is 6.02. The summed E-state index contributed by atoms with van der Waals surface area (Å²) in [5.41, 5.74) is 6.54. The molecule has 0 bridgehead atoms. The number of benzene rings is 1. The highest BCUT2D eigenvalue weighted by molar-refractivity contribution is 7.82. The van der Waals surface area contributed by atoms with E-state index in [1.165, 1.54) is 0 Å². The van der Waals surface area contributed by atoms with Crippen molar-refractivity contribution in [1.82, 2.24) is 0 Å². The Hall–Kier alpha value is -0.870. The van der Waals surface area contributed by atoms with Gasteiger partial charge >= 0.3 is 6.03 Å². The molecule has 13 heavy (non-hydrogen) atoms.